The van der Waals surface area contributed by atoms with Gasteiger partial charge in [0.05, 0.1) is 0 Å². The molecule has 2 aromatic carbocycles. The summed E-state index contributed by atoms with van der Waals surface area (Å²) in [7, 11) is 0. The molecule has 0 spiro atoms. The smallest absolute Gasteiger partial charge is 0.159 e. The highest BCUT2D eigenvalue weighted by atomic mass is 16.5. The van der Waals surface area contributed by atoms with Crippen LogP contribution in [0.15, 0.2) is 73.1 Å². The highest BCUT2D eigenvalue weighted by molar-refractivity contribution is 5.56. The molecular formula is C17H14N2O. The van der Waals surface area contributed by atoms with Gasteiger partial charge in [-0.2, -0.15) is 0 Å². The Morgan fingerprint density at radius 2 is 1.60 bits per heavy atom. The maximum atomic E-state index is 5.80. The number of nitrogens with zero attached hydrogens (tertiary/aromatic N) is 2. The van der Waals surface area contributed by atoms with Gasteiger partial charge in [-0.3, -0.25) is 0 Å². The molecule has 0 N–H and O–H groups in total. The molecule has 0 fully saturated rings. The van der Waals surface area contributed by atoms with Crippen molar-refractivity contribution in [1.29, 1.82) is 0 Å². The van der Waals surface area contributed by atoms with E-state index < -0.39 is 0 Å². The van der Waals surface area contributed by atoms with Gasteiger partial charge in [-0.1, -0.05) is 42.5 Å². The van der Waals surface area contributed by atoms with Crippen LogP contribution in [0.4, 0.5) is 0 Å². The zero-order valence-electron chi connectivity index (χ0n) is 10.9. The van der Waals surface area contributed by atoms with Crippen LogP contribution < -0.4 is 4.74 Å². The zero-order chi connectivity index (χ0) is 13.6. The number of rotatable bonds is 4. The van der Waals surface area contributed by atoms with E-state index in [1.54, 1.807) is 18.5 Å². The normalized spacial score (nSPS) is 10.2. The van der Waals surface area contributed by atoms with Crippen LogP contribution in [-0.2, 0) is 6.61 Å². The second kappa shape index (κ2) is 5.97. The second-order valence-electron chi connectivity index (χ2n) is 4.37. The first-order chi connectivity index (χ1) is 9.92. The van der Waals surface area contributed by atoms with Gasteiger partial charge in [-0.15, -0.1) is 0 Å². The van der Waals surface area contributed by atoms with E-state index in [1.165, 1.54) is 0 Å². The van der Waals surface area contributed by atoms with Gasteiger partial charge in [0.15, 0.2) is 5.82 Å². The summed E-state index contributed by atoms with van der Waals surface area (Å²) in [5, 5.41) is 0. The van der Waals surface area contributed by atoms with Crippen LogP contribution in [0.25, 0.3) is 11.4 Å². The monoisotopic (exact) mass is 262 g/mol. The van der Waals surface area contributed by atoms with Crippen molar-refractivity contribution in [1.82, 2.24) is 9.97 Å². The van der Waals surface area contributed by atoms with Gasteiger partial charge in [0, 0.05) is 18.0 Å². The van der Waals surface area contributed by atoms with E-state index in [1.807, 2.05) is 54.6 Å². The summed E-state index contributed by atoms with van der Waals surface area (Å²) in [6.45, 7) is 0.555. The van der Waals surface area contributed by atoms with Gasteiger partial charge in [-0.05, 0) is 23.8 Å². The fourth-order valence-corrected chi connectivity index (χ4v) is 1.91. The van der Waals surface area contributed by atoms with Crippen molar-refractivity contribution in [3.05, 3.63) is 78.6 Å². The fourth-order valence-electron chi connectivity index (χ4n) is 1.91. The van der Waals surface area contributed by atoms with Crippen molar-refractivity contribution in [2.45, 2.75) is 6.61 Å². The van der Waals surface area contributed by atoms with Crippen molar-refractivity contribution in [2.24, 2.45) is 0 Å². The van der Waals surface area contributed by atoms with Crippen molar-refractivity contribution in [3.8, 4) is 17.1 Å². The second-order valence-corrected chi connectivity index (χ2v) is 4.37. The predicted molar refractivity (Wildman–Crippen MR) is 78.2 cm³/mol. The lowest BCUT2D eigenvalue weighted by Crippen LogP contribution is -1.95. The first-order valence-corrected chi connectivity index (χ1v) is 6.46. The summed E-state index contributed by atoms with van der Waals surface area (Å²) in [5.41, 5.74) is 2.10. The Labute approximate surface area is 117 Å². The van der Waals surface area contributed by atoms with Crippen molar-refractivity contribution in [3.63, 3.8) is 0 Å². The molecule has 1 aromatic heterocycles. The Hall–Kier alpha value is -2.68. The molecule has 0 bridgehead atoms. The molecule has 0 saturated heterocycles. The van der Waals surface area contributed by atoms with Crippen molar-refractivity contribution in [2.75, 3.05) is 0 Å². The number of ether oxygens (including phenoxy) is 1. The summed E-state index contributed by atoms with van der Waals surface area (Å²) in [6, 6.07) is 19.7. The maximum absolute atomic E-state index is 5.80. The highest BCUT2D eigenvalue weighted by Crippen LogP contribution is 2.21. The van der Waals surface area contributed by atoms with Crippen LogP contribution in [-0.4, -0.2) is 9.97 Å². The largest absolute Gasteiger partial charge is 0.489 e. The third-order valence-corrected chi connectivity index (χ3v) is 2.91. The van der Waals surface area contributed by atoms with Gasteiger partial charge in [0.1, 0.15) is 12.4 Å². The topological polar surface area (TPSA) is 35.0 Å². The summed E-state index contributed by atoms with van der Waals surface area (Å²) in [5.74, 6) is 1.52. The van der Waals surface area contributed by atoms with Crippen molar-refractivity contribution >= 4 is 0 Å². The molecule has 3 nitrogen and oxygen atoms in total. The fraction of sp³-hybridized carbons (Fsp3) is 0.0588. The summed E-state index contributed by atoms with van der Waals surface area (Å²) >= 11 is 0. The predicted octanol–water partition coefficient (Wildman–Crippen LogP) is 3.72. The Bertz CT molecular complexity index is 669. The van der Waals surface area contributed by atoms with Crippen molar-refractivity contribution < 1.29 is 4.74 Å². The Morgan fingerprint density at radius 3 is 2.40 bits per heavy atom. The van der Waals surface area contributed by atoms with Crippen LogP contribution in [0.2, 0.25) is 0 Å². The molecule has 0 unspecified atom stereocenters. The Kier molecular flexibility index (Phi) is 3.69. The Morgan fingerprint density at radius 1 is 0.800 bits per heavy atom. The van der Waals surface area contributed by atoms with Gasteiger partial charge < -0.3 is 4.74 Å². The lowest BCUT2D eigenvalue weighted by molar-refractivity contribution is 0.306. The number of hydrogen-bond donors (Lipinski definition) is 0. The molecule has 0 amide bonds. The third-order valence-electron chi connectivity index (χ3n) is 2.91. The van der Waals surface area contributed by atoms with Crippen LogP contribution in [0.3, 0.4) is 0 Å². The van der Waals surface area contributed by atoms with E-state index in [4.69, 9.17) is 4.74 Å². The van der Waals surface area contributed by atoms with Gasteiger partial charge in [-0.25, -0.2) is 9.97 Å². The molecule has 0 aliphatic rings. The number of hydrogen-bond acceptors (Lipinski definition) is 3. The van der Waals surface area contributed by atoms with Gasteiger partial charge >= 0.3 is 0 Å². The standard InChI is InChI=1S/C17H14N2O/c1-2-6-14(7-3-1)13-20-16-9-4-8-15(12-16)17-18-10-5-11-19-17/h1-12H,13H2. The molecule has 98 valence electrons. The molecule has 1 heterocycles. The van der Waals surface area contributed by atoms with E-state index in [0.29, 0.717) is 12.4 Å². The Balaban J connectivity index is 1.75. The highest BCUT2D eigenvalue weighted by Gasteiger charge is 2.02. The molecule has 0 saturated carbocycles. The third kappa shape index (κ3) is 3.01. The molecular weight excluding hydrogens is 248 g/mol. The SMILES string of the molecule is c1ccc(COc2cccc(-c3ncccn3)c2)cc1. The molecule has 3 aromatic rings. The minimum atomic E-state index is 0.555. The first kappa shape index (κ1) is 12.4. The number of aromatic nitrogens is 2. The maximum Gasteiger partial charge on any atom is 0.159 e. The molecule has 0 atom stereocenters. The lowest BCUT2D eigenvalue weighted by Gasteiger charge is -2.07. The van der Waals surface area contributed by atoms with Crippen LogP contribution >= 0.6 is 0 Å². The molecule has 20 heavy (non-hydrogen) atoms. The quantitative estimate of drug-likeness (QED) is 0.718. The average molecular weight is 262 g/mol. The van der Waals surface area contributed by atoms with E-state index in [0.717, 1.165) is 16.9 Å². The average Bonchev–Trinajstić information content (AvgIpc) is 2.55. The van der Waals surface area contributed by atoms with E-state index in [2.05, 4.69) is 9.97 Å². The van der Waals surface area contributed by atoms with Gasteiger partial charge in [0.2, 0.25) is 0 Å². The van der Waals surface area contributed by atoms with E-state index >= 15 is 0 Å². The van der Waals surface area contributed by atoms with Crippen LogP contribution in [0.1, 0.15) is 5.56 Å². The first-order valence-electron chi connectivity index (χ1n) is 6.46. The van der Waals surface area contributed by atoms with Gasteiger partial charge in [0.25, 0.3) is 0 Å². The lowest BCUT2D eigenvalue weighted by atomic mass is 10.2. The van der Waals surface area contributed by atoms with Crippen LogP contribution in [0.5, 0.6) is 5.75 Å². The molecule has 3 rings (SSSR count). The molecule has 3 heteroatoms. The summed E-state index contributed by atoms with van der Waals surface area (Å²) < 4.78 is 5.80. The number of benzene rings is 2. The van der Waals surface area contributed by atoms with E-state index in [9.17, 15) is 0 Å². The van der Waals surface area contributed by atoms with E-state index in [-0.39, 0.29) is 0 Å². The zero-order valence-corrected chi connectivity index (χ0v) is 10.9. The van der Waals surface area contributed by atoms with Crippen LogP contribution in [0, 0.1) is 0 Å². The minimum absolute atomic E-state index is 0.555. The molecule has 0 radical (unpaired) electrons. The summed E-state index contributed by atoms with van der Waals surface area (Å²) in [4.78, 5) is 8.48. The molecule has 0 aliphatic heterocycles. The molecule has 0 aliphatic carbocycles. The summed E-state index contributed by atoms with van der Waals surface area (Å²) in [6.07, 6.45) is 3.47. The minimum Gasteiger partial charge on any atom is -0.489 e.